The number of hydrogen-bond donors (Lipinski definition) is 1. The Bertz CT molecular complexity index is 397. The standard InChI is InChI=1S/C14H19BrN2O/c15-11-7-9-13(10-8-11)17(14(16)18)12-5-3-1-2-4-6-12/h7-10,12H,1-6H2,(H2,16,18). The molecule has 1 saturated carbocycles. The first-order chi connectivity index (χ1) is 8.68. The number of halogens is 1. The van der Waals surface area contributed by atoms with Crippen molar-refractivity contribution in [2.75, 3.05) is 4.90 Å². The fourth-order valence-electron chi connectivity index (χ4n) is 2.64. The summed E-state index contributed by atoms with van der Waals surface area (Å²) in [4.78, 5) is 13.5. The molecule has 1 aromatic carbocycles. The lowest BCUT2D eigenvalue weighted by Gasteiger charge is -2.29. The number of benzene rings is 1. The molecule has 0 saturated heterocycles. The minimum absolute atomic E-state index is 0.256. The number of nitrogens with two attached hydrogens (primary N) is 1. The highest BCUT2D eigenvalue weighted by molar-refractivity contribution is 9.10. The van der Waals surface area contributed by atoms with E-state index in [1.54, 1.807) is 4.90 Å². The summed E-state index contributed by atoms with van der Waals surface area (Å²) < 4.78 is 1.01. The normalized spacial score (nSPS) is 17.2. The number of hydrogen-bond acceptors (Lipinski definition) is 1. The lowest BCUT2D eigenvalue weighted by Crippen LogP contribution is -2.43. The Morgan fingerprint density at radius 2 is 1.67 bits per heavy atom. The van der Waals surface area contributed by atoms with Crippen LogP contribution in [0, 0.1) is 0 Å². The summed E-state index contributed by atoms with van der Waals surface area (Å²) in [6, 6.07) is 7.69. The van der Waals surface area contributed by atoms with Gasteiger partial charge in [-0.05, 0) is 37.1 Å². The van der Waals surface area contributed by atoms with Crippen molar-refractivity contribution in [2.24, 2.45) is 5.73 Å². The number of rotatable bonds is 2. The fourth-order valence-corrected chi connectivity index (χ4v) is 2.90. The molecule has 0 atom stereocenters. The second-order valence-electron chi connectivity index (χ2n) is 4.83. The Labute approximate surface area is 116 Å². The van der Waals surface area contributed by atoms with Gasteiger partial charge in [0.1, 0.15) is 0 Å². The maximum absolute atomic E-state index is 11.7. The molecule has 0 heterocycles. The number of carbonyl (C=O) groups is 1. The molecular weight excluding hydrogens is 292 g/mol. The van der Waals surface area contributed by atoms with E-state index < -0.39 is 0 Å². The van der Waals surface area contributed by atoms with Gasteiger partial charge in [0.25, 0.3) is 0 Å². The van der Waals surface area contributed by atoms with Crippen molar-refractivity contribution in [3.05, 3.63) is 28.7 Å². The molecule has 1 aromatic rings. The van der Waals surface area contributed by atoms with Crippen LogP contribution in [0.5, 0.6) is 0 Å². The van der Waals surface area contributed by atoms with Crippen LogP contribution < -0.4 is 10.6 Å². The number of nitrogens with zero attached hydrogens (tertiary/aromatic N) is 1. The average molecular weight is 311 g/mol. The Kier molecular flexibility index (Phi) is 4.64. The molecule has 1 aliphatic rings. The molecule has 2 rings (SSSR count). The van der Waals surface area contributed by atoms with Gasteiger partial charge in [0, 0.05) is 16.2 Å². The van der Waals surface area contributed by atoms with Gasteiger partial charge in [0.05, 0.1) is 0 Å². The smallest absolute Gasteiger partial charge is 0.319 e. The predicted molar refractivity (Wildman–Crippen MR) is 77.7 cm³/mol. The van der Waals surface area contributed by atoms with Gasteiger partial charge in [0.15, 0.2) is 0 Å². The maximum atomic E-state index is 11.7. The van der Waals surface area contributed by atoms with E-state index in [9.17, 15) is 4.79 Å². The van der Waals surface area contributed by atoms with Crippen LogP contribution in [0.25, 0.3) is 0 Å². The quantitative estimate of drug-likeness (QED) is 0.823. The van der Waals surface area contributed by atoms with Crippen molar-refractivity contribution >= 4 is 27.6 Å². The molecule has 1 fully saturated rings. The molecule has 1 aliphatic carbocycles. The average Bonchev–Trinajstić information content (AvgIpc) is 2.60. The first-order valence-corrected chi connectivity index (χ1v) is 7.32. The molecule has 98 valence electrons. The third-order valence-electron chi connectivity index (χ3n) is 3.53. The van der Waals surface area contributed by atoms with Crippen LogP contribution in [0.3, 0.4) is 0 Å². The highest BCUT2D eigenvalue weighted by Crippen LogP contribution is 2.27. The van der Waals surface area contributed by atoms with Crippen molar-refractivity contribution in [3.8, 4) is 0 Å². The summed E-state index contributed by atoms with van der Waals surface area (Å²) in [5, 5.41) is 0. The molecule has 4 heteroatoms. The monoisotopic (exact) mass is 310 g/mol. The van der Waals surface area contributed by atoms with E-state index in [-0.39, 0.29) is 12.1 Å². The molecule has 2 amide bonds. The number of amides is 2. The van der Waals surface area contributed by atoms with E-state index in [0.29, 0.717) is 0 Å². The summed E-state index contributed by atoms with van der Waals surface area (Å²) in [6.45, 7) is 0. The van der Waals surface area contributed by atoms with Crippen molar-refractivity contribution < 1.29 is 4.79 Å². The fraction of sp³-hybridized carbons (Fsp3) is 0.500. The molecule has 0 bridgehead atoms. The number of anilines is 1. The maximum Gasteiger partial charge on any atom is 0.319 e. The molecular formula is C14H19BrN2O. The molecule has 2 N–H and O–H groups in total. The van der Waals surface area contributed by atoms with Gasteiger partial charge in [-0.25, -0.2) is 4.79 Å². The van der Waals surface area contributed by atoms with Crippen LogP contribution in [-0.2, 0) is 0 Å². The van der Waals surface area contributed by atoms with Crippen LogP contribution in [-0.4, -0.2) is 12.1 Å². The van der Waals surface area contributed by atoms with Crippen LogP contribution in [0.4, 0.5) is 10.5 Å². The van der Waals surface area contributed by atoms with E-state index >= 15 is 0 Å². The third-order valence-corrected chi connectivity index (χ3v) is 4.06. The van der Waals surface area contributed by atoms with Crippen LogP contribution in [0.15, 0.2) is 28.7 Å². The van der Waals surface area contributed by atoms with Gasteiger partial charge in [-0.2, -0.15) is 0 Å². The van der Waals surface area contributed by atoms with Gasteiger partial charge in [0.2, 0.25) is 0 Å². The zero-order chi connectivity index (χ0) is 13.0. The van der Waals surface area contributed by atoms with E-state index in [0.717, 1.165) is 23.0 Å². The molecule has 3 nitrogen and oxygen atoms in total. The van der Waals surface area contributed by atoms with E-state index in [1.807, 2.05) is 24.3 Å². The summed E-state index contributed by atoms with van der Waals surface area (Å²) in [7, 11) is 0. The zero-order valence-electron chi connectivity index (χ0n) is 10.4. The molecule has 0 aromatic heterocycles. The largest absolute Gasteiger partial charge is 0.351 e. The van der Waals surface area contributed by atoms with Crippen LogP contribution in [0.2, 0.25) is 0 Å². The first kappa shape index (κ1) is 13.4. The Hall–Kier alpha value is -1.03. The summed E-state index contributed by atoms with van der Waals surface area (Å²) >= 11 is 3.41. The van der Waals surface area contributed by atoms with Gasteiger partial charge < -0.3 is 5.73 Å². The number of carbonyl (C=O) groups excluding carboxylic acids is 1. The summed E-state index contributed by atoms with van der Waals surface area (Å²) in [6.07, 6.45) is 7.01. The SMILES string of the molecule is NC(=O)N(c1ccc(Br)cc1)C1CCCCCC1. The Morgan fingerprint density at radius 1 is 1.11 bits per heavy atom. The van der Waals surface area contributed by atoms with Crippen molar-refractivity contribution in [3.63, 3.8) is 0 Å². The number of urea groups is 1. The Morgan fingerprint density at radius 3 is 2.17 bits per heavy atom. The summed E-state index contributed by atoms with van der Waals surface area (Å²) in [5.41, 5.74) is 6.46. The van der Waals surface area contributed by atoms with Crippen LogP contribution in [0.1, 0.15) is 38.5 Å². The van der Waals surface area contributed by atoms with E-state index in [1.165, 1.54) is 25.7 Å². The van der Waals surface area contributed by atoms with Crippen molar-refractivity contribution in [1.82, 2.24) is 0 Å². The van der Waals surface area contributed by atoms with Gasteiger partial charge in [-0.1, -0.05) is 41.6 Å². The van der Waals surface area contributed by atoms with Gasteiger partial charge in [-0.15, -0.1) is 0 Å². The Balaban J connectivity index is 2.21. The van der Waals surface area contributed by atoms with Crippen molar-refractivity contribution in [2.45, 2.75) is 44.6 Å². The molecule has 0 unspecified atom stereocenters. The predicted octanol–water partition coefficient (Wildman–Crippen LogP) is 4.06. The lowest BCUT2D eigenvalue weighted by molar-refractivity contribution is 0.251. The molecule has 0 radical (unpaired) electrons. The van der Waals surface area contributed by atoms with E-state index in [2.05, 4.69) is 15.9 Å². The number of primary amides is 1. The molecule has 0 spiro atoms. The minimum Gasteiger partial charge on any atom is -0.351 e. The van der Waals surface area contributed by atoms with E-state index in [4.69, 9.17) is 5.73 Å². The third kappa shape index (κ3) is 3.25. The minimum atomic E-state index is -0.343. The highest BCUT2D eigenvalue weighted by Gasteiger charge is 2.24. The zero-order valence-corrected chi connectivity index (χ0v) is 12.0. The first-order valence-electron chi connectivity index (χ1n) is 6.53. The van der Waals surface area contributed by atoms with Gasteiger partial charge >= 0.3 is 6.03 Å². The van der Waals surface area contributed by atoms with Gasteiger partial charge in [-0.3, -0.25) is 4.90 Å². The molecule has 0 aliphatic heterocycles. The second-order valence-corrected chi connectivity index (χ2v) is 5.75. The second kappa shape index (κ2) is 6.23. The highest BCUT2D eigenvalue weighted by atomic mass is 79.9. The van der Waals surface area contributed by atoms with Crippen LogP contribution >= 0.6 is 15.9 Å². The van der Waals surface area contributed by atoms with Crippen molar-refractivity contribution in [1.29, 1.82) is 0 Å². The summed E-state index contributed by atoms with van der Waals surface area (Å²) in [5.74, 6) is 0. The molecule has 18 heavy (non-hydrogen) atoms. The lowest BCUT2D eigenvalue weighted by atomic mass is 10.1. The topological polar surface area (TPSA) is 46.3 Å².